The molecule has 0 atom stereocenters. The Morgan fingerprint density at radius 1 is 1.15 bits per heavy atom. The van der Waals surface area contributed by atoms with Crippen molar-refractivity contribution in [3.63, 3.8) is 0 Å². The van der Waals surface area contributed by atoms with Gasteiger partial charge in [-0.05, 0) is 49.4 Å². The van der Waals surface area contributed by atoms with Gasteiger partial charge in [0.1, 0.15) is 5.82 Å². The van der Waals surface area contributed by atoms with Gasteiger partial charge in [0.2, 0.25) is 10.0 Å². The predicted molar refractivity (Wildman–Crippen MR) is 132 cm³/mol. The molecule has 1 saturated heterocycles. The van der Waals surface area contributed by atoms with Crippen LogP contribution in [0.15, 0.2) is 38.8 Å². The molecule has 34 heavy (non-hydrogen) atoms. The zero-order chi connectivity index (χ0) is 25.0. The molecule has 2 aromatic rings. The molecule has 10 nitrogen and oxygen atoms in total. The second-order valence-electron chi connectivity index (χ2n) is 8.94. The fourth-order valence-electron chi connectivity index (χ4n) is 4.02. The summed E-state index contributed by atoms with van der Waals surface area (Å²) in [5.41, 5.74) is 5.01. The van der Waals surface area contributed by atoms with Crippen LogP contribution in [0.25, 0.3) is 0 Å². The monoisotopic (exact) mass is 491 g/mol. The summed E-state index contributed by atoms with van der Waals surface area (Å²) in [7, 11) is -3.61. The summed E-state index contributed by atoms with van der Waals surface area (Å²) in [6.07, 6.45) is 3.16. The first-order valence-corrected chi connectivity index (χ1v) is 13.1. The molecule has 1 aromatic heterocycles. The number of carbonyl (C=O) groups excluding carboxylic acids is 1. The van der Waals surface area contributed by atoms with Gasteiger partial charge in [-0.2, -0.15) is 4.31 Å². The number of unbranched alkanes of at least 4 members (excludes halogenated alkanes) is 1. The summed E-state index contributed by atoms with van der Waals surface area (Å²) in [5, 5.41) is 0. The lowest BCUT2D eigenvalue weighted by atomic mass is 10.1. The van der Waals surface area contributed by atoms with E-state index in [1.165, 1.54) is 38.0 Å². The van der Waals surface area contributed by atoms with Gasteiger partial charge in [0.15, 0.2) is 5.69 Å². The third-order valence-electron chi connectivity index (χ3n) is 5.82. The molecule has 0 saturated carbocycles. The number of nitrogens with one attached hydrogen (secondary N) is 1. The smallest absolute Gasteiger partial charge is 0.330 e. The Morgan fingerprint density at radius 2 is 1.76 bits per heavy atom. The summed E-state index contributed by atoms with van der Waals surface area (Å²) < 4.78 is 28.3. The average Bonchev–Trinajstić information content (AvgIpc) is 3.33. The highest BCUT2D eigenvalue weighted by atomic mass is 32.2. The van der Waals surface area contributed by atoms with Crippen LogP contribution < -0.4 is 21.9 Å². The zero-order valence-corrected chi connectivity index (χ0v) is 20.7. The first-order chi connectivity index (χ1) is 16.1. The summed E-state index contributed by atoms with van der Waals surface area (Å²) in [6, 6.07) is 5.70. The topological polar surface area (TPSA) is 139 Å². The SMILES string of the molecule is CCCCn1c(N)c(N(CC(C)C)C(=O)c2ccc(S(=O)(=O)N3CCCC3)cc2)c(=O)[nH]c1=O. The number of carbonyl (C=O) groups is 1. The van der Waals surface area contributed by atoms with Crippen molar-refractivity contribution in [2.24, 2.45) is 5.92 Å². The van der Waals surface area contributed by atoms with Crippen LogP contribution in [0.2, 0.25) is 0 Å². The molecule has 3 rings (SSSR count). The van der Waals surface area contributed by atoms with Gasteiger partial charge in [0, 0.05) is 31.7 Å². The summed E-state index contributed by atoms with van der Waals surface area (Å²) in [4.78, 5) is 42.2. The second-order valence-corrected chi connectivity index (χ2v) is 10.9. The van der Waals surface area contributed by atoms with Crippen LogP contribution in [0.1, 0.15) is 56.8 Å². The maximum atomic E-state index is 13.5. The number of aromatic amines is 1. The van der Waals surface area contributed by atoms with E-state index in [9.17, 15) is 22.8 Å². The van der Waals surface area contributed by atoms with Gasteiger partial charge in [-0.1, -0.05) is 27.2 Å². The molecule has 1 aliphatic heterocycles. The number of nitrogens with two attached hydrogens (primary N) is 1. The van der Waals surface area contributed by atoms with Crippen LogP contribution >= 0.6 is 0 Å². The molecular formula is C23H33N5O5S. The number of benzene rings is 1. The van der Waals surface area contributed by atoms with Crippen molar-refractivity contribution in [2.45, 2.75) is 57.9 Å². The lowest BCUT2D eigenvalue weighted by Gasteiger charge is -2.26. The van der Waals surface area contributed by atoms with Gasteiger partial charge < -0.3 is 10.6 Å². The molecule has 2 heterocycles. The minimum atomic E-state index is -3.61. The normalized spacial score (nSPS) is 14.6. The zero-order valence-electron chi connectivity index (χ0n) is 19.9. The van der Waals surface area contributed by atoms with Gasteiger partial charge in [-0.25, -0.2) is 13.2 Å². The summed E-state index contributed by atoms with van der Waals surface area (Å²) in [6.45, 7) is 7.23. The van der Waals surface area contributed by atoms with Crippen molar-refractivity contribution in [3.8, 4) is 0 Å². The molecule has 0 unspecified atom stereocenters. The second kappa shape index (κ2) is 10.6. The van der Waals surface area contributed by atoms with Gasteiger partial charge in [0.05, 0.1) is 4.90 Å². The van der Waals surface area contributed by atoms with Crippen LogP contribution in [0.3, 0.4) is 0 Å². The standard InChI is InChI=1S/C23H33N5O5S/c1-4-5-14-27-20(24)19(21(29)25-23(27)31)28(15-16(2)3)22(30)17-8-10-18(11-9-17)34(32,33)26-12-6-7-13-26/h8-11,16H,4-7,12-15,24H2,1-3H3,(H,25,29,31). The largest absolute Gasteiger partial charge is 0.383 e. The molecule has 11 heteroatoms. The van der Waals surface area contributed by atoms with Gasteiger partial charge in [-0.15, -0.1) is 0 Å². The van der Waals surface area contributed by atoms with Crippen molar-refractivity contribution in [3.05, 3.63) is 50.7 Å². The Kier molecular flexibility index (Phi) is 7.98. The number of rotatable bonds is 9. The van der Waals surface area contributed by atoms with Gasteiger partial charge >= 0.3 is 5.69 Å². The Balaban J connectivity index is 2.00. The maximum absolute atomic E-state index is 13.5. The number of hydrogen-bond donors (Lipinski definition) is 2. The fraction of sp³-hybridized carbons (Fsp3) is 0.522. The van der Waals surface area contributed by atoms with E-state index in [1.54, 1.807) is 0 Å². The molecule has 0 aliphatic carbocycles. The Hall–Kier alpha value is -2.92. The van der Waals surface area contributed by atoms with Crippen LogP contribution in [-0.4, -0.2) is 47.8 Å². The Labute approximate surface area is 199 Å². The van der Waals surface area contributed by atoms with E-state index in [0.717, 1.165) is 19.3 Å². The maximum Gasteiger partial charge on any atom is 0.330 e. The van der Waals surface area contributed by atoms with E-state index in [0.29, 0.717) is 26.1 Å². The number of anilines is 2. The molecule has 0 radical (unpaired) electrons. The highest BCUT2D eigenvalue weighted by molar-refractivity contribution is 7.89. The lowest BCUT2D eigenvalue weighted by Crippen LogP contribution is -2.42. The van der Waals surface area contributed by atoms with Crippen LogP contribution in [-0.2, 0) is 16.6 Å². The molecule has 1 fully saturated rings. The molecule has 1 amide bonds. The van der Waals surface area contributed by atoms with Crippen molar-refractivity contribution >= 4 is 27.4 Å². The van der Waals surface area contributed by atoms with Crippen molar-refractivity contribution in [1.29, 1.82) is 0 Å². The number of hydrogen-bond acceptors (Lipinski definition) is 6. The third-order valence-corrected chi connectivity index (χ3v) is 7.73. The van der Waals surface area contributed by atoms with Gasteiger partial charge in [-0.3, -0.25) is 19.1 Å². The lowest BCUT2D eigenvalue weighted by molar-refractivity contribution is 0.0983. The third kappa shape index (κ3) is 5.25. The van der Waals surface area contributed by atoms with Crippen LogP contribution in [0.4, 0.5) is 11.5 Å². The van der Waals surface area contributed by atoms with Crippen molar-refractivity contribution in [1.82, 2.24) is 13.9 Å². The van der Waals surface area contributed by atoms with E-state index < -0.39 is 27.2 Å². The predicted octanol–water partition coefficient (Wildman–Crippen LogP) is 2.01. The number of aromatic nitrogens is 2. The van der Waals surface area contributed by atoms with Gasteiger partial charge in [0.25, 0.3) is 11.5 Å². The quantitative estimate of drug-likeness (QED) is 0.550. The Bertz CT molecular complexity index is 1240. The molecule has 1 aromatic carbocycles. The highest BCUT2D eigenvalue weighted by Gasteiger charge is 2.29. The first kappa shape index (κ1) is 25.7. The first-order valence-electron chi connectivity index (χ1n) is 11.6. The fourth-order valence-corrected chi connectivity index (χ4v) is 5.54. The number of nitrogens with zero attached hydrogens (tertiary/aromatic N) is 3. The summed E-state index contributed by atoms with van der Waals surface area (Å²) in [5.74, 6) is -0.574. The Morgan fingerprint density at radius 3 is 2.32 bits per heavy atom. The number of H-pyrrole nitrogens is 1. The molecule has 0 spiro atoms. The highest BCUT2D eigenvalue weighted by Crippen LogP contribution is 2.24. The summed E-state index contributed by atoms with van der Waals surface area (Å²) >= 11 is 0. The molecule has 186 valence electrons. The number of nitrogen functional groups attached to an aromatic ring is 1. The molecule has 3 N–H and O–H groups in total. The van der Waals surface area contributed by atoms with E-state index in [2.05, 4.69) is 4.98 Å². The van der Waals surface area contributed by atoms with Crippen molar-refractivity contribution in [2.75, 3.05) is 30.3 Å². The van der Waals surface area contributed by atoms with E-state index in [-0.39, 0.29) is 34.4 Å². The van der Waals surface area contributed by atoms with Crippen LogP contribution in [0, 0.1) is 5.92 Å². The molecular weight excluding hydrogens is 458 g/mol. The van der Waals surface area contributed by atoms with Crippen LogP contribution in [0.5, 0.6) is 0 Å². The van der Waals surface area contributed by atoms with E-state index in [4.69, 9.17) is 5.73 Å². The minimum Gasteiger partial charge on any atom is -0.383 e. The number of sulfonamides is 1. The van der Waals surface area contributed by atoms with Crippen molar-refractivity contribution < 1.29 is 13.2 Å². The van der Waals surface area contributed by atoms with E-state index >= 15 is 0 Å². The molecule has 0 bridgehead atoms. The minimum absolute atomic E-state index is 0.00594. The van der Waals surface area contributed by atoms with E-state index in [1.807, 2.05) is 20.8 Å². The number of amides is 1. The average molecular weight is 492 g/mol. The molecule has 1 aliphatic rings.